The van der Waals surface area contributed by atoms with Crippen molar-refractivity contribution in [3.63, 3.8) is 0 Å². The molecule has 0 aromatic heterocycles. The summed E-state index contributed by atoms with van der Waals surface area (Å²) >= 11 is 0. The average molecular weight is 648 g/mol. The first-order valence-corrected chi connectivity index (χ1v) is 19.3. The van der Waals surface area contributed by atoms with Crippen LogP contribution in [-0.4, -0.2) is 53.1 Å². The predicted molar refractivity (Wildman–Crippen MR) is 186 cm³/mol. The summed E-state index contributed by atoms with van der Waals surface area (Å²) in [5, 5.41) is 10.5. The number of fused-ring (bicyclic) bond motifs is 9. The molecular weight excluding hydrogens is 594 g/mol. The summed E-state index contributed by atoms with van der Waals surface area (Å²) in [6, 6.07) is 17.2. The van der Waals surface area contributed by atoms with E-state index < -0.39 is 0 Å². The molecule has 6 fully saturated rings. The number of piperidine rings is 1. The molecule has 0 radical (unpaired) electrons. The van der Waals surface area contributed by atoms with E-state index in [2.05, 4.69) is 87.2 Å². The molecule has 2 aromatic rings. The Kier molecular flexibility index (Phi) is 6.29. The normalized spacial score (nSPS) is 46.4. The fourth-order valence-electron chi connectivity index (χ4n) is 14.2. The number of hydrogen-bond donors (Lipinski definition) is 1. The van der Waals surface area contributed by atoms with E-state index in [0.717, 1.165) is 56.4 Å². The summed E-state index contributed by atoms with van der Waals surface area (Å²) < 4.78 is 13.8. The second-order valence-corrected chi connectivity index (χ2v) is 18.2. The molecule has 6 aliphatic carbocycles. The summed E-state index contributed by atoms with van der Waals surface area (Å²) in [6.07, 6.45) is 12.5. The third kappa shape index (κ3) is 3.68. The SMILES string of the molecule is C[C@H]1C[C@H]2O[C@]3(CC[C@H]4[C@@H]5CC=C6C[C@@H](O)CC[C@]6(C)[C@H]5CC45CC53C)[C@H](C)[C@@H]2N(C(=O)OCC2c3ccccc3-c3ccccc32)C1. The first kappa shape index (κ1) is 30.2. The highest BCUT2D eigenvalue weighted by Crippen LogP contribution is 2.87. The number of carbonyl (C=O) groups is 1. The van der Waals surface area contributed by atoms with E-state index in [1.165, 1.54) is 47.9 Å². The van der Waals surface area contributed by atoms with Crippen molar-refractivity contribution in [3.05, 3.63) is 71.3 Å². The van der Waals surface area contributed by atoms with Gasteiger partial charge in [-0.1, -0.05) is 87.9 Å². The Morgan fingerprint density at radius 1 is 1.00 bits per heavy atom. The molecule has 2 aliphatic heterocycles. The summed E-state index contributed by atoms with van der Waals surface area (Å²) in [4.78, 5) is 16.3. The van der Waals surface area contributed by atoms with E-state index in [0.29, 0.717) is 17.9 Å². The maximum absolute atomic E-state index is 14.2. The number of rotatable bonds is 2. The first-order chi connectivity index (χ1) is 23.1. The van der Waals surface area contributed by atoms with Crippen LogP contribution in [0.3, 0.4) is 0 Å². The highest BCUT2D eigenvalue weighted by Gasteiger charge is 2.84. The van der Waals surface area contributed by atoms with Gasteiger partial charge in [-0.15, -0.1) is 0 Å². The number of hydrogen-bond acceptors (Lipinski definition) is 4. The zero-order valence-electron chi connectivity index (χ0n) is 29.3. The van der Waals surface area contributed by atoms with Gasteiger partial charge in [0, 0.05) is 23.8 Å². The minimum absolute atomic E-state index is 0.0668. The van der Waals surface area contributed by atoms with Crippen molar-refractivity contribution in [2.75, 3.05) is 13.2 Å². The zero-order valence-corrected chi connectivity index (χ0v) is 29.3. The van der Waals surface area contributed by atoms with Gasteiger partial charge >= 0.3 is 6.09 Å². The molecular formula is C43H53NO4. The molecule has 2 saturated heterocycles. The lowest BCUT2D eigenvalue weighted by Crippen LogP contribution is -2.56. The van der Waals surface area contributed by atoms with Gasteiger partial charge in [0.15, 0.2) is 0 Å². The minimum atomic E-state index is -0.182. The van der Waals surface area contributed by atoms with E-state index in [-0.39, 0.29) is 52.6 Å². The van der Waals surface area contributed by atoms with Crippen molar-refractivity contribution in [2.45, 2.75) is 115 Å². The quantitative estimate of drug-likeness (QED) is 0.331. The topological polar surface area (TPSA) is 59.0 Å². The number of aliphatic hydroxyl groups is 1. The Balaban J connectivity index is 0.910. The number of likely N-dealkylation sites (tertiary alicyclic amines) is 1. The lowest BCUT2D eigenvalue weighted by molar-refractivity contribution is -0.147. The Hall–Kier alpha value is -2.63. The van der Waals surface area contributed by atoms with E-state index in [1.807, 2.05) is 0 Å². The Bertz CT molecular complexity index is 1670. The van der Waals surface area contributed by atoms with Gasteiger partial charge in [-0.25, -0.2) is 4.79 Å². The molecule has 2 heterocycles. The number of ether oxygens (including phenoxy) is 2. The van der Waals surface area contributed by atoms with Crippen molar-refractivity contribution >= 4 is 6.09 Å². The van der Waals surface area contributed by atoms with Crippen molar-refractivity contribution in [3.8, 4) is 11.1 Å². The lowest BCUT2D eigenvalue weighted by atomic mass is 9.56. The molecule has 1 amide bonds. The molecule has 12 atom stereocenters. The second kappa shape index (κ2) is 10.00. The Morgan fingerprint density at radius 3 is 2.48 bits per heavy atom. The molecule has 1 N–H and O–H groups in total. The van der Waals surface area contributed by atoms with Crippen LogP contribution in [0.5, 0.6) is 0 Å². The van der Waals surface area contributed by atoms with Crippen LogP contribution < -0.4 is 0 Å². The largest absolute Gasteiger partial charge is 0.448 e. The highest BCUT2D eigenvalue weighted by atomic mass is 16.6. The second-order valence-electron chi connectivity index (χ2n) is 18.2. The van der Waals surface area contributed by atoms with Gasteiger partial charge in [0.05, 0.1) is 23.9 Å². The predicted octanol–water partition coefficient (Wildman–Crippen LogP) is 8.74. The van der Waals surface area contributed by atoms with Crippen LogP contribution in [0.25, 0.3) is 11.1 Å². The third-order valence-electron chi connectivity index (χ3n) is 16.4. The van der Waals surface area contributed by atoms with Gasteiger partial charge in [-0.05, 0) is 115 Å². The van der Waals surface area contributed by atoms with Crippen LogP contribution >= 0.6 is 0 Å². The third-order valence-corrected chi connectivity index (χ3v) is 16.4. The fraction of sp³-hybridized carbons (Fsp3) is 0.651. The smallest absolute Gasteiger partial charge is 0.410 e. The monoisotopic (exact) mass is 647 g/mol. The molecule has 254 valence electrons. The van der Waals surface area contributed by atoms with Crippen molar-refractivity contribution in [1.29, 1.82) is 0 Å². The van der Waals surface area contributed by atoms with E-state index >= 15 is 0 Å². The molecule has 5 heteroatoms. The van der Waals surface area contributed by atoms with E-state index in [4.69, 9.17) is 9.47 Å². The summed E-state index contributed by atoms with van der Waals surface area (Å²) in [7, 11) is 0. The number of amides is 1. The van der Waals surface area contributed by atoms with Crippen LogP contribution in [0.1, 0.15) is 103 Å². The molecule has 8 aliphatic rings. The molecule has 0 bridgehead atoms. The number of nitrogens with zero attached hydrogens (tertiary/aromatic N) is 1. The summed E-state index contributed by atoms with van der Waals surface area (Å²) in [5.74, 6) is 2.99. The van der Waals surface area contributed by atoms with Gasteiger partial charge in [0.2, 0.25) is 0 Å². The molecule has 2 aromatic carbocycles. The van der Waals surface area contributed by atoms with Crippen LogP contribution in [0.4, 0.5) is 4.79 Å². The maximum atomic E-state index is 14.2. The molecule has 2 unspecified atom stereocenters. The van der Waals surface area contributed by atoms with E-state index in [9.17, 15) is 9.90 Å². The summed E-state index contributed by atoms with van der Waals surface area (Å²) in [6.45, 7) is 11.0. The van der Waals surface area contributed by atoms with Gasteiger partial charge < -0.3 is 19.5 Å². The number of aliphatic hydroxyl groups excluding tert-OH is 1. The van der Waals surface area contributed by atoms with Crippen LogP contribution in [0.15, 0.2) is 60.2 Å². The van der Waals surface area contributed by atoms with E-state index in [1.54, 1.807) is 5.57 Å². The van der Waals surface area contributed by atoms with Crippen LogP contribution in [0.2, 0.25) is 0 Å². The van der Waals surface area contributed by atoms with Gasteiger partial charge in [-0.2, -0.15) is 0 Å². The van der Waals surface area contributed by atoms with Gasteiger partial charge in [-0.3, -0.25) is 0 Å². The molecule has 48 heavy (non-hydrogen) atoms. The summed E-state index contributed by atoms with van der Waals surface area (Å²) in [5.41, 5.74) is 7.16. The van der Waals surface area contributed by atoms with Gasteiger partial charge in [0.1, 0.15) is 6.61 Å². The number of allylic oxidation sites excluding steroid dienone is 1. The van der Waals surface area contributed by atoms with Crippen LogP contribution in [0, 0.1) is 45.8 Å². The fourth-order valence-corrected chi connectivity index (χ4v) is 14.2. The standard InChI is InChI=1S/C43H53NO4/c1-25-19-37-38(44(22-25)39(46)47-23-34-31-11-7-5-9-29(31)30-10-6-8-12-32(30)34)26(2)43(48-37)18-16-35-33-14-13-27-20-28(45)15-17-40(27,3)36(33)21-42(35)24-41(42,43)4/h5-13,25-26,28,33-38,45H,14-24H2,1-4H3/t25-,26+,28-,33-,35-,36-,37+,38-,40-,41?,42?,43+/m0/s1. The number of carbonyl (C=O) groups excluding carboxylic acids is 1. The van der Waals surface area contributed by atoms with Crippen molar-refractivity contribution in [2.24, 2.45) is 45.8 Å². The molecule has 10 rings (SSSR count). The maximum Gasteiger partial charge on any atom is 0.410 e. The van der Waals surface area contributed by atoms with Crippen molar-refractivity contribution in [1.82, 2.24) is 4.90 Å². The molecule has 2 spiro atoms. The highest BCUT2D eigenvalue weighted by molar-refractivity contribution is 5.79. The van der Waals surface area contributed by atoms with Gasteiger partial charge in [0.25, 0.3) is 0 Å². The Morgan fingerprint density at radius 2 is 1.73 bits per heavy atom. The lowest BCUT2D eigenvalue weighted by Gasteiger charge is -2.50. The molecule has 5 nitrogen and oxygen atoms in total. The van der Waals surface area contributed by atoms with Crippen molar-refractivity contribution < 1.29 is 19.4 Å². The molecule has 4 saturated carbocycles. The zero-order chi connectivity index (χ0) is 32.8. The average Bonchev–Trinajstić information content (AvgIpc) is 3.28. The first-order valence-electron chi connectivity index (χ1n) is 19.3. The van der Waals surface area contributed by atoms with Crippen LogP contribution in [-0.2, 0) is 9.47 Å². The number of benzene rings is 2. The Labute approximate surface area is 286 Å². The minimum Gasteiger partial charge on any atom is -0.448 e.